The molecule has 1 aromatic carbocycles. The van der Waals surface area contributed by atoms with Crippen molar-refractivity contribution >= 4 is 10.9 Å². The number of aromatic nitrogens is 1. The van der Waals surface area contributed by atoms with Gasteiger partial charge in [0.1, 0.15) is 0 Å². The molecule has 1 atom stereocenters. The van der Waals surface area contributed by atoms with E-state index in [1.807, 2.05) is 30.5 Å². The van der Waals surface area contributed by atoms with Gasteiger partial charge >= 0.3 is 6.18 Å². The van der Waals surface area contributed by atoms with E-state index >= 15 is 0 Å². The number of nitrogens with one attached hydrogen (secondary N) is 2. The number of para-hydroxylation sites is 1. The number of halogens is 3. The molecule has 6 heteroatoms. The third kappa shape index (κ3) is 3.74. The van der Waals surface area contributed by atoms with Crippen molar-refractivity contribution in [2.24, 2.45) is 0 Å². The van der Waals surface area contributed by atoms with Crippen LogP contribution in [0.15, 0.2) is 30.5 Å². The zero-order chi connectivity index (χ0) is 14.6. The van der Waals surface area contributed by atoms with Crippen molar-refractivity contribution in [3.05, 3.63) is 36.0 Å². The molecule has 0 aliphatic carbocycles. The van der Waals surface area contributed by atoms with E-state index < -0.39 is 12.3 Å². The van der Waals surface area contributed by atoms with Gasteiger partial charge in [0, 0.05) is 17.1 Å². The number of hydrogen-bond donors (Lipinski definition) is 3. The molecule has 0 spiro atoms. The van der Waals surface area contributed by atoms with Crippen LogP contribution in [0, 0.1) is 0 Å². The summed E-state index contributed by atoms with van der Waals surface area (Å²) in [6.45, 7) is 0.718. The van der Waals surface area contributed by atoms with Gasteiger partial charge in [0.25, 0.3) is 0 Å². The predicted molar refractivity (Wildman–Crippen MR) is 71.6 cm³/mol. The number of hydrogen-bond acceptors (Lipinski definition) is 2. The van der Waals surface area contributed by atoms with Crippen LogP contribution in [-0.4, -0.2) is 35.5 Å². The maximum atomic E-state index is 12.1. The summed E-state index contributed by atoms with van der Waals surface area (Å²) in [4.78, 5) is 3.15. The van der Waals surface area contributed by atoms with Crippen molar-refractivity contribution in [2.45, 2.75) is 25.1 Å². The van der Waals surface area contributed by atoms with Gasteiger partial charge in [0.2, 0.25) is 0 Å². The molecule has 1 aromatic heterocycles. The minimum atomic E-state index is -4.53. The molecule has 0 aliphatic rings. The second-order valence-electron chi connectivity index (χ2n) is 4.71. The van der Waals surface area contributed by atoms with Gasteiger partial charge in [-0.1, -0.05) is 18.2 Å². The molecule has 3 N–H and O–H groups in total. The Balaban J connectivity index is 1.74. The van der Waals surface area contributed by atoms with E-state index in [-0.39, 0.29) is 13.0 Å². The van der Waals surface area contributed by atoms with Crippen LogP contribution < -0.4 is 5.32 Å². The second-order valence-corrected chi connectivity index (χ2v) is 4.71. The SMILES string of the molecule is O[C@H](CCNCCc1c[nH]c2ccccc12)C(F)(F)F. The first-order chi connectivity index (χ1) is 9.48. The van der Waals surface area contributed by atoms with Crippen molar-refractivity contribution in [3.8, 4) is 0 Å². The van der Waals surface area contributed by atoms with Crippen molar-refractivity contribution in [1.82, 2.24) is 10.3 Å². The van der Waals surface area contributed by atoms with Gasteiger partial charge in [-0.25, -0.2) is 0 Å². The van der Waals surface area contributed by atoms with E-state index in [1.54, 1.807) is 0 Å². The summed E-state index contributed by atoms with van der Waals surface area (Å²) in [6.07, 6.45) is -4.46. The molecule has 0 unspecified atom stereocenters. The third-order valence-electron chi connectivity index (χ3n) is 3.22. The standard InChI is InChI=1S/C14H17F3N2O/c15-14(16,17)13(20)6-8-18-7-5-10-9-19-12-4-2-1-3-11(10)12/h1-4,9,13,18-20H,5-8H2/t13-/m1/s1. The number of benzene rings is 1. The van der Waals surface area contributed by atoms with Crippen LogP contribution in [0.25, 0.3) is 10.9 Å². The quantitative estimate of drug-likeness (QED) is 0.715. The molecule has 1 heterocycles. The van der Waals surface area contributed by atoms with Crippen LogP contribution in [0.1, 0.15) is 12.0 Å². The number of alkyl halides is 3. The highest BCUT2D eigenvalue weighted by molar-refractivity contribution is 5.83. The first-order valence-electron chi connectivity index (χ1n) is 6.49. The Morgan fingerprint density at radius 2 is 1.95 bits per heavy atom. The number of H-pyrrole nitrogens is 1. The Morgan fingerprint density at radius 1 is 1.20 bits per heavy atom. The molecule has 110 valence electrons. The Hall–Kier alpha value is -1.53. The van der Waals surface area contributed by atoms with E-state index in [0.717, 1.165) is 22.9 Å². The van der Waals surface area contributed by atoms with Gasteiger partial charge in [-0.05, 0) is 37.6 Å². The summed E-state index contributed by atoms with van der Waals surface area (Å²) in [5, 5.41) is 12.9. The summed E-state index contributed by atoms with van der Waals surface area (Å²) in [6, 6.07) is 7.88. The van der Waals surface area contributed by atoms with E-state index in [4.69, 9.17) is 5.11 Å². The molecule has 20 heavy (non-hydrogen) atoms. The average Bonchev–Trinajstić information content (AvgIpc) is 2.80. The lowest BCUT2D eigenvalue weighted by Crippen LogP contribution is -2.32. The highest BCUT2D eigenvalue weighted by Gasteiger charge is 2.37. The monoisotopic (exact) mass is 286 g/mol. The van der Waals surface area contributed by atoms with Gasteiger partial charge in [-0.15, -0.1) is 0 Å². The van der Waals surface area contributed by atoms with Crippen LogP contribution >= 0.6 is 0 Å². The van der Waals surface area contributed by atoms with Crippen molar-refractivity contribution < 1.29 is 18.3 Å². The minimum Gasteiger partial charge on any atom is -0.384 e. The first-order valence-corrected chi connectivity index (χ1v) is 6.49. The highest BCUT2D eigenvalue weighted by atomic mass is 19.4. The van der Waals surface area contributed by atoms with Crippen molar-refractivity contribution in [3.63, 3.8) is 0 Å². The molecule has 3 nitrogen and oxygen atoms in total. The topological polar surface area (TPSA) is 48.0 Å². The first kappa shape index (κ1) is 14.9. The van der Waals surface area contributed by atoms with E-state index in [0.29, 0.717) is 6.54 Å². The summed E-state index contributed by atoms with van der Waals surface area (Å²) in [5.41, 5.74) is 2.18. The van der Waals surface area contributed by atoms with E-state index in [1.165, 1.54) is 0 Å². The fourth-order valence-corrected chi connectivity index (χ4v) is 2.09. The Bertz CT molecular complexity index is 551. The molecule has 2 rings (SSSR count). The fraction of sp³-hybridized carbons (Fsp3) is 0.429. The van der Waals surface area contributed by atoms with Crippen LogP contribution in [0.2, 0.25) is 0 Å². The van der Waals surface area contributed by atoms with Gasteiger partial charge in [-0.3, -0.25) is 0 Å². The van der Waals surface area contributed by atoms with Gasteiger partial charge in [0.15, 0.2) is 6.10 Å². The highest BCUT2D eigenvalue weighted by Crippen LogP contribution is 2.21. The number of rotatable bonds is 6. The van der Waals surface area contributed by atoms with Crippen LogP contribution in [-0.2, 0) is 6.42 Å². The number of aliphatic hydroxyl groups is 1. The second kappa shape index (κ2) is 6.28. The maximum Gasteiger partial charge on any atom is 0.414 e. The number of aliphatic hydroxyl groups excluding tert-OH is 1. The molecule has 0 saturated carbocycles. The average molecular weight is 286 g/mol. The van der Waals surface area contributed by atoms with Crippen LogP contribution in [0.3, 0.4) is 0 Å². The minimum absolute atomic E-state index is 0.142. The summed E-state index contributed by atoms with van der Waals surface area (Å²) < 4.78 is 36.2. The largest absolute Gasteiger partial charge is 0.414 e. The Kier molecular flexibility index (Phi) is 4.67. The fourth-order valence-electron chi connectivity index (χ4n) is 2.09. The number of aromatic amines is 1. The molecule has 0 fully saturated rings. The maximum absolute atomic E-state index is 12.1. The summed E-state index contributed by atoms with van der Waals surface area (Å²) in [5.74, 6) is 0. The Morgan fingerprint density at radius 3 is 2.70 bits per heavy atom. The zero-order valence-electron chi connectivity index (χ0n) is 10.9. The smallest absolute Gasteiger partial charge is 0.384 e. The van der Waals surface area contributed by atoms with E-state index in [2.05, 4.69) is 10.3 Å². The van der Waals surface area contributed by atoms with Crippen molar-refractivity contribution in [1.29, 1.82) is 0 Å². The molecular weight excluding hydrogens is 269 g/mol. The molecular formula is C14H17F3N2O. The zero-order valence-corrected chi connectivity index (χ0v) is 10.9. The predicted octanol–water partition coefficient (Wildman–Crippen LogP) is 2.61. The van der Waals surface area contributed by atoms with E-state index in [9.17, 15) is 13.2 Å². The molecule has 0 aliphatic heterocycles. The molecule has 0 amide bonds. The summed E-state index contributed by atoms with van der Waals surface area (Å²) >= 11 is 0. The molecule has 0 radical (unpaired) electrons. The normalized spacial score (nSPS) is 13.8. The third-order valence-corrected chi connectivity index (χ3v) is 3.22. The summed E-state index contributed by atoms with van der Waals surface area (Å²) in [7, 11) is 0. The molecule has 0 bridgehead atoms. The lowest BCUT2D eigenvalue weighted by atomic mass is 10.1. The van der Waals surface area contributed by atoms with Gasteiger partial charge < -0.3 is 15.4 Å². The Labute approximate surface area is 114 Å². The van der Waals surface area contributed by atoms with Crippen LogP contribution in [0.4, 0.5) is 13.2 Å². The lowest BCUT2D eigenvalue weighted by Gasteiger charge is -2.14. The van der Waals surface area contributed by atoms with Gasteiger partial charge in [0.05, 0.1) is 0 Å². The van der Waals surface area contributed by atoms with Gasteiger partial charge in [-0.2, -0.15) is 13.2 Å². The lowest BCUT2D eigenvalue weighted by molar-refractivity contribution is -0.204. The molecule has 2 aromatic rings. The molecule has 0 saturated heterocycles. The van der Waals surface area contributed by atoms with Crippen molar-refractivity contribution in [2.75, 3.05) is 13.1 Å². The number of fused-ring (bicyclic) bond motifs is 1. The van der Waals surface area contributed by atoms with Crippen LogP contribution in [0.5, 0.6) is 0 Å².